The van der Waals surface area contributed by atoms with Crippen molar-refractivity contribution in [3.8, 4) is 5.88 Å². The zero-order valence-corrected chi connectivity index (χ0v) is 14.7. The first-order valence-electron chi connectivity index (χ1n) is 7.52. The molecule has 3 rings (SSSR count). The van der Waals surface area contributed by atoms with Crippen molar-refractivity contribution in [3.05, 3.63) is 36.0 Å². The first kappa shape index (κ1) is 17.0. The van der Waals surface area contributed by atoms with Crippen LogP contribution >= 0.6 is 11.7 Å². The first-order chi connectivity index (χ1) is 11.5. The lowest BCUT2D eigenvalue weighted by atomic mass is 10.1. The molecule has 1 aromatic carbocycles. The number of carbonyl (C=O) groups is 1. The van der Waals surface area contributed by atoms with Crippen LogP contribution in [0.5, 0.6) is 5.88 Å². The predicted octanol–water partition coefficient (Wildman–Crippen LogP) is 1.97. The van der Waals surface area contributed by atoms with Crippen molar-refractivity contribution in [1.29, 1.82) is 0 Å². The summed E-state index contributed by atoms with van der Waals surface area (Å²) in [5.41, 5.74) is 0.394. The van der Waals surface area contributed by atoms with Gasteiger partial charge in [0.2, 0.25) is 15.9 Å². The van der Waals surface area contributed by atoms with Gasteiger partial charge in [0.15, 0.2) is 5.78 Å². The summed E-state index contributed by atoms with van der Waals surface area (Å²) in [7, 11) is -3.60. The Morgan fingerprint density at radius 2 is 2.08 bits per heavy atom. The highest BCUT2D eigenvalue weighted by Crippen LogP contribution is 2.23. The van der Waals surface area contributed by atoms with Gasteiger partial charge in [-0.25, -0.2) is 8.42 Å². The highest BCUT2D eigenvalue weighted by molar-refractivity contribution is 7.89. The Balaban J connectivity index is 1.68. The van der Waals surface area contributed by atoms with Gasteiger partial charge >= 0.3 is 0 Å². The number of rotatable bonds is 5. The molecule has 9 heteroatoms. The number of benzene rings is 1. The van der Waals surface area contributed by atoms with Crippen LogP contribution in [0.4, 0.5) is 0 Å². The van der Waals surface area contributed by atoms with Gasteiger partial charge in [0, 0.05) is 18.7 Å². The monoisotopic (exact) mass is 367 g/mol. The number of ether oxygens (including phenoxy) is 1. The van der Waals surface area contributed by atoms with Gasteiger partial charge in [-0.2, -0.15) is 8.68 Å². The molecule has 128 valence electrons. The fourth-order valence-corrected chi connectivity index (χ4v) is 4.46. The Labute approximate surface area is 144 Å². The molecule has 0 bridgehead atoms. The quantitative estimate of drug-likeness (QED) is 0.751. The summed E-state index contributed by atoms with van der Waals surface area (Å²) in [4.78, 5) is 11.6. The molecule has 7 nitrogen and oxygen atoms in total. The number of aromatic nitrogens is 2. The summed E-state index contributed by atoms with van der Waals surface area (Å²) in [6.07, 6.45) is 2.66. The highest BCUT2D eigenvalue weighted by Gasteiger charge is 2.30. The van der Waals surface area contributed by atoms with Crippen molar-refractivity contribution < 1.29 is 17.9 Å². The Morgan fingerprint density at radius 1 is 1.33 bits per heavy atom. The van der Waals surface area contributed by atoms with Gasteiger partial charge in [-0.15, -0.1) is 4.37 Å². The van der Waals surface area contributed by atoms with E-state index in [1.165, 1.54) is 23.4 Å². The van der Waals surface area contributed by atoms with Crippen molar-refractivity contribution in [2.24, 2.45) is 0 Å². The third-order valence-corrected chi connectivity index (χ3v) is 6.26. The molecule has 0 amide bonds. The summed E-state index contributed by atoms with van der Waals surface area (Å²) in [5.74, 6) is 0.325. The lowest BCUT2D eigenvalue weighted by Crippen LogP contribution is -2.41. The van der Waals surface area contributed by atoms with Gasteiger partial charge in [0.05, 0.1) is 16.6 Å². The molecule has 0 atom stereocenters. The van der Waals surface area contributed by atoms with Crippen LogP contribution in [-0.4, -0.2) is 46.4 Å². The summed E-state index contributed by atoms with van der Waals surface area (Å²) in [6, 6.07) is 6.16. The molecule has 2 aromatic rings. The maximum Gasteiger partial charge on any atom is 0.245 e. The summed E-state index contributed by atoms with van der Waals surface area (Å²) < 4.78 is 40.5. The summed E-state index contributed by atoms with van der Waals surface area (Å²) in [6.45, 7) is 2.16. The van der Waals surface area contributed by atoms with E-state index in [-0.39, 0.29) is 16.8 Å². The van der Waals surface area contributed by atoms with Gasteiger partial charge in [-0.1, -0.05) is 12.1 Å². The second-order valence-corrected chi connectivity index (χ2v) is 8.05. The number of sulfonamides is 1. The molecule has 24 heavy (non-hydrogen) atoms. The van der Waals surface area contributed by atoms with Gasteiger partial charge in [0.25, 0.3) is 0 Å². The number of ketones is 1. The molecule has 0 saturated carbocycles. The van der Waals surface area contributed by atoms with E-state index in [4.69, 9.17) is 4.74 Å². The maximum atomic E-state index is 12.7. The number of Topliss-reactive ketones (excluding diaryl/α,β-unsaturated/α-hetero) is 1. The topological polar surface area (TPSA) is 89.5 Å². The molecule has 1 aliphatic heterocycles. The molecule has 0 unspecified atom stereocenters. The van der Waals surface area contributed by atoms with Crippen LogP contribution in [0.15, 0.2) is 35.4 Å². The Hall–Kier alpha value is -1.84. The number of nitrogens with zero attached hydrogens (tertiary/aromatic N) is 3. The smallest absolute Gasteiger partial charge is 0.245 e. The second-order valence-electron chi connectivity index (χ2n) is 5.55. The molecule has 0 N–H and O–H groups in total. The molecule has 0 spiro atoms. The normalized spacial score (nSPS) is 16.9. The van der Waals surface area contributed by atoms with Gasteiger partial charge in [-0.3, -0.25) is 4.79 Å². The van der Waals surface area contributed by atoms with Crippen LogP contribution in [0.2, 0.25) is 0 Å². The zero-order valence-electron chi connectivity index (χ0n) is 13.1. The predicted molar refractivity (Wildman–Crippen MR) is 88.8 cm³/mol. The van der Waals surface area contributed by atoms with Crippen LogP contribution in [0.3, 0.4) is 0 Å². The van der Waals surface area contributed by atoms with Crippen LogP contribution < -0.4 is 4.74 Å². The number of piperidine rings is 1. The molecular formula is C15H17N3O4S2. The number of carbonyl (C=O) groups excluding carboxylic acids is 1. The van der Waals surface area contributed by atoms with Gasteiger partial charge in [-0.05, 0) is 31.9 Å². The molecule has 1 aromatic heterocycles. The SMILES string of the molecule is CC(=O)c1cccc(S(=O)(=O)N2CCC(Oc3cnsn3)CC2)c1. The minimum atomic E-state index is -3.60. The fraction of sp³-hybridized carbons (Fsp3) is 0.400. The lowest BCUT2D eigenvalue weighted by molar-refractivity contribution is 0.101. The zero-order chi connectivity index (χ0) is 17.2. The van der Waals surface area contributed by atoms with Crippen molar-refractivity contribution in [1.82, 2.24) is 13.1 Å². The van der Waals surface area contributed by atoms with Gasteiger partial charge in [0.1, 0.15) is 12.3 Å². The van der Waals surface area contributed by atoms with E-state index in [9.17, 15) is 13.2 Å². The molecule has 2 heterocycles. The lowest BCUT2D eigenvalue weighted by Gasteiger charge is -2.30. The van der Waals surface area contributed by atoms with Crippen molar-refractivity contribution in [2.45, 2.75) is 30.8 Å². The molecule has 0 radical (unpaired) electrons. The van der Waals surface area contributed by atoms with Crippen LogP contribution in [0.25, 0.3) is 0 Å². The third kappa shape index (κ3) is 3.63. The fourth-order valence-electron chi connectivity index (χ4n) is 2.59. The first-order valence-corrected chi connectivity index (χ1v) is 9.69. The largest absolute Gasteiger partial charge is 0.473 e. The van der Waals surface area contributed by atoms with E-state index in [2.05, 4.69) is 8.75 Å². The Kier molecular flexibility index (Phi) is 4.93. The van der Waals surface area contributed by atoms with Crippen LogP contribution in [0.1, 0.15) is 30.1 Å². The highest BCUT2D eigenvalue weighted by atomic mass is 32.2. The molecule has 0 aliphatic carbocycles. The third-order valence-electron chi connectivity index (χ3n) is 3.91. The Morgan fingerprint density at radius 3 is 2.71 bits per heavy atom. The second kappa shape index (κ2) is 6.96. The van der Waals surface area contributed by atoms with Crippen LogP contribution in [-0.2, 0) is 10.0 Å². The van der Waals surface area contributed by atoms with Crippen molar-refractivity contribution in [2.75, 3.05) is 13.1 Å². The van der Waals surface area contributed by atoms with E-state index < -0.39 is 10.0 Å². The molecule has 1 aliphatic rings. The van der Waals surface area contributed by atoms with Crippen molar-refractivity contribution >= 4 is 27.5 Å². The molecular weight excluding hydrogens is 350 g/mol. The maximum absolute atomic E-state index is 12.7. The van der Waals surface area contributed by atoms with E-state index in [1.54, 1.807) is 18.3 Å². The molecule has 1 fully saturated rings. The van der Waals surface area contributed by atoms with E-state index in [0.29, 0.717) is 37.4 Å². The average Bonchev–Trinajstić information content (AvgIpc) is 3.08. The van der Waals surface area contributed by atoms with E-state index in [0.717, 1.165) is 11.7 Å². The number of hydrogen-bond donors (Lipinski definition) is 0. The summed E-state index contributed by atoms with van der Waals surface area (Å²) in [5, 5.41) is 0. The van der Waals surface area contributed by atoms with E-state index >= 15 is 0 Å². The Bertz CT molecular complexity index is 813. The van der Waals surface area contributed by atoms with Crippen LogP contribution in [0, 0.1) is 0 Å². The minimum Gasteiger partial charge on any atom is -0.473 e. The standard InChI is InChI=1S/C15H17N3O4S2/c1-11(19)12-3-2-4-14(9-12)24(20,21)18-7-5-13(6-8-18)22-15-10-16-23-17-15/h2-4,9-10,13H,5-8H2,1H3. The minimum absolute atomic E-state index is 0.0658. The van der Waals surface area contributed by atoms with Gasteiger partial charge < -0.3 is 4.74 Å². The molecule has 1 saturated heterocycles. The van der Waals surface area contributed by atoms with Crippen molar-refractivity contribution in [3.63, 3.8) is 0 Å². The average molecular weight is 367 g/mol. The number of hydrogen-bond acceptors (Lipinski definition) is 7. The van der Waals surface area contributed by atoms with E-state index in [1.807, 2.05) is 0 Å². The summed E-state index contributed by atoms with van der Waals surface area (Å²) >= 11 is 1.08.